The lowest BCUT2D eigenvalue weighted by Gasteiger charge is -2.33. The van der Waals surface area contributed by atoms with Crippen LogP contribution in [0.25, 0.3) is 21.5 Å². The number of anilines is 1. The molecule has 5 aromatic carbocycles. The molecule has 0 saturated carbocycles. The van der Waals surface area contributed by atoms with Crippen LogP contribution in [0, 0.1) is 0 Å². The van der Waals surface area contributed by atoms with Crippen LogP contribution in [0.5, 0.6) is 5.75 Å². The topological polar surface area (TPSA) is 23.5 Å². The Morgan fingerprint density at radius 2 is 1.43 bits per heavy atom. The highest BCUT2D eigenvalue weighted by atomic mass is 16.3. The predicted molar refractivity (Wildman–Crippen MR) is 284 cm³/mol. The Hall–Kier alpha value is -5.08. The number of unbranched alkanes of at least 4 members (excludes halogenated alkanes) is 5. The number of benzene rings is 5. The van der Waals surface area contributed by atoms with Crippen molar-refractivity contribution in [2.24, 2.45) is 0 Å². The minimum Gasteiger partial charge on any atom is -0.508 e. The number of allylic oxidation sites excluding steroid dienone is 9. The zero-order valence-corrected chi connectivity index (χ0v) is 41.4. The lowest BCUT2D eigenvalue weighted by atomic mass is 9.71. The third-order valence-corrected chi connectivity index (χ3v) is 15.2. The molecule has 1 N–H and O–H groups in total. The summed E-state index contributed by atoms with van der Waals surface area (Å²) in [6, 6.07) is 35.2. The highest BCUT2D eigenvalue weighted by Crippen LogP contribution is 2.51. The number of nitrogens with zero attached hydrogens (tertiary/aromatic N) is 1. The van der Waals surface area contributed by atoms with E-state index in [-0.39, 0.29) is 10.8 Å². The molecule has 5 aromatic rings. The van der Waals surface area contributed by atoms with Gasteiger partial charge in [-0.05, 0) is 154 Å². The number of aromatic hydroxyl groups is 1. The molecule has 0 radical (unpaired) electrons. The summed E-state index contributed by atoms with van der Waals surface area (Å²) in [4.78, 5) is 2.66. The second kappa shape index (κ2) is 21.5. The lowest BCUT2D eigenvalue weighted by Crippen LogP contribution is -2.27. The van der Waals surface area contributed by atoms with Crippen molar-refractivity contribution in [3.63, 3.8) is 0 Å². The Morgan fingerprint density at radius 3 is 2.18 bits per heavy atom. The van der Waals surface area contributed by atoms with Gasteiger partial charge in [0.25, 0.3) is 0 Å². The maximum Gasteiger partial charge on any atom is 0.115 e. The molecule has 2 heteroatoms. The number of phenolic OH excluding ortho intramolecular Hbond substituents is 1. The molecule has 2 nitrogen and oxygen atoms in total. The minimum absolute atomic E-state index is 0.125. The van der Waals surface area contributed by atoms with Crippen LogP contribution in [-0.4, -0.2) is 11.7 Å². The fourth-order valence-corrected chi connectivity index (χ4v) is 11.2. The van der Waals surface area contributed by atoms with Gasteiger partial charge in [-0.2, -0.15) is 0 Å². The van der Waals surface area contributed by atoms with E-state index >= 15 is 0 Å². The molecular weight excluding hydrogens is 787 g/mol. The van der Waals surface area contributed by atoms with Gasteiger partial charge in [0.15, 0.2) is 0 Å². The summed E-state index contributed by atoms with van der Waals surface area (Å²) in [5.41, 5.74) is 13.7. The minimum atomic E-state index is -0.249. The molecule has 0 fully saturated rings. The molecule has 0 bridgehead atoms. The van der Waals surface area contributed by atoms with E-state index in [2.05, 4.69) is 163 Å². The highest BCUT2D eigenvalue weighted by Gasteiger charge is 2.41. The Morgan fingerprint density at radius 1 is 0.754 bits per heavy atom. The van der Waals surface area contributed by atoms with Crippen molar-refractivity contribution in [2.75, 3.05) is 11.4 Å². The van der Waals surface area contributed by atoms with Crippen molar-refractivity contribution in [3.8, 4) is 5.75 Å². The van der Waals surface area contributed by atoms with Gasteiger partial charge in [-0.25, -0.2) is 0 Å². The van der Waals surface area contributed by atoms with Crippen molar-refractivity contribution in [3.05, 3.63) is 178 Å². The molecule has 65 heavy (non-hydrogen) atoms. The number of fused-ring (bicyclic) bond motifs is 4. The summed E-state index contributed by atoms with van der Waals surface area (Å²) in [6.45, 7) is 25.0. The molecule has 1 aliphatic heterocycles. The molecule has 0 aromatic heterocycles. The predicted octanol–water partition coefficient (Wildman–Crippen LogP) is 18.4. The van der Waals surface area contributed by atoms with E-state index in [1.54, 1.807) is 6.07 Å². The van der Waals surface area contributed by atoms with Crippen LogP contribution < -0.4 is 4.90 Å². The molecule has 2 aliphatic rings. The van der Waals surface area contributed by atoms with Gasteiger partial charge in [0, 0.05) is 28.8 Å². The fourth-order valence-electron chi connectivity index (χ4n) is 11.2. The van der Waals surface area contributed by atoms with Gasteiger partial charge >= 0.3 is 0 Å². The van der Waals surface area contributed by atoms with Gasteiger partial charge in [-0.15, -0.1) is 0 Å². The maximum absolute atomic E-state index is 10.2. The summed E-state index contributed by atoms with van der Waals surface area (Å²) in [6.07, 6.45) is 26.3. The zero-order valence-electron chi connectivity index (χ0n) is 41.4. The molecule has 1 heterocycles. The van der Waals surface area contributed by atoms with Crippen molar-refractivity contribution >= 4 is 27.2 Å². The standard InChI is InChI=1S/C63H79NO/c1-10-12-14-25-46(4)54-40-37-50-26-16-19-33-56(50)60(54)62(6,7)47(5)35-36-48-28-22-29-49(55(48)32-18-15-24-45(3)52-30-23-31-53(65)44-52)39-42-59-63(8,9)61-57-34-20-17-27-51(57)38-41-58(61)64(59)43-21-13-11-2/h16-17,19-20,23,26-27,30-31,33-42,44-46,65H,5,10-15,18,21-22,24-25,28-29,32,43H2,1-4,6-9H3. The summed E-state index contributed by atoms with van der Waals surface area (Å²) in [5, 5.41) is 15.6. The third kappa shape index (κ3) is 10.6. The van der Waals surface area contributed by atoms with Gasteiger partial charge in [-0.3, -0.25) is 0 Å². The largest absolute Gasteiger partial charge is 0.508 e. The molecule has 2 atom stereocenters. The molecule has 342 valence electrons. The zero-order chi connectivity index (χ0) is 46.1. The molecule has 0 amide bonds. The van der Waals surface area contributed by atoms with Crippen molar-refractivity contribution in [2.45, 2.75) is 168 Å². The second-order valence-electron chi connectivity index (χ2n) is 20.6. The number of rotatable bonds is 20. The van der Waals surface area contributed by atoms with Crippen LogP contribution >= 0.6 is 0 Å². The Labute approximate surface area is 394 Å². The summed E-state index contributed by atoms with van der Waals surface area (Å²) in [5.74, 6) is 1.25. The first-order valence-electron chi connectivity index (χ1n) is 25.5. The molecule has 2 unspecified atom stereocenters. The Balaban J connectivity index is 1.25. The SMILES string of the molecule is C=C(C=CC1=C(CCCCC(C)c2cccc(O)c2)C(=CC=C2N(CCCCC)c3ccc4ccccc4c3C2(C)C)CCC1)C(C)(C)c1c(C(C)CCCCC)ccc2ccccc12. The fraction of sp³-hybridized carbons (Fsp3) is 0.429. The van der Waals surface area contributed by atoms with E-state index in [4.69, 9.17) is 6.58 Å². The summed E-state index contributed by atoms with van der Waals surface area (Å²) in [7, 11) is 0. The van der Waals surface area contributed by atoms with Crippen molar-refractivity contribution in [1.29, 1.82) is 0 Å². The normalized spacial score (nSPS) is 17.5. The lowest BCUT2D eigenvalue weighted by molar-refractivity contribution is 0.473. The number of hydrogen-bond acceptors (Lipinski definition) is 2. The first-order valence-corrected chi connectivity index (χ1v) is 25.5. The van der Waals surface area contributed by atoms with E-state index in [1.807, 2.05) is 12.1 Å². The molecular formula is C63H79NO. The molecule has 0 spiro atoms. The average molecular weight is 866 g/mol. The Kier molecular flexibility index (Phi) is 15.8. The molecule has 0 saturated heterocycles. The first kappa shape index (κ1) is 47.9. The van der Waals surface area contributed by atoms with E-state index in [9.17, 15) is 5.11 Å². The van der Waals surface area contributed by atoms with Crippen LogP contribution in [0.1, 0.15) is 179 Å². The summed E-state index contributed by atoms with van der Waals surface area (Å²) >= 11 is 0. The summed E-state index contributed by atoms with van der Waals surface area (Å²) < 4.78 is 0. The quantitative estimate of drug-likeness (QED) is 0.0622. The van der Waals surface area contributed by atoms with Crippen LogP contribution in [-0.2, 0) is 10.8 Å². The number of hydrogen-bond donors (Lipinski definition) is 1. The van der Waals surface area contributed by atoms with Gasteiger partial charge in [0.2, 0.25) is 0 Å². The van der Waals surface area contributed by atoms with E-state index < -0.39 is 0 Å². The van der Waals surface area contributed by atoms with Crippen molar-refractivity contribution < 1.29 is 5.11 Å². The maximum atomic E-state index is 10.2. The third-order valence-electron chi connectivity index (χ3n) is 15.2. The van der Waals surface area contributed by atoms with Crippen molar-refractivity contribution in [1.82, 2.24) is 0 Å². The van der Waals surface area contributed by atoms with E-state index in [0.29, 0.717) is 17.6 Å². The Bertz CT molecular complexity index is 2570. The van der Waals surface area contributed by atoms with Gasteiger partial charge in [0.05, 0.1) is 0 Å². The van der Waals surface area contributed by atoms with E-state index in [0.717, 1.165) is 51.5 Å². The highest BCUT2D eigenvalue weighted by molar-refractivity contribution is 5.95. The monoisotopic (exact) mass is 866 g/mol. The van der Waals surface area contributed by atoms with Crippen LogP contribution in [0.15, 0.2) is 156 Å². The van der Waals surface area contributed by atoms with Crippen LogP contribution in [0.4, 0.5) is 5.69 Å². The average Bonchev–Trinajstić information content (AvgIpc) is 3.53. The smallest absolute Gasteiger partial charge is 0.115 e. The van der Waals surface area contributed by atoms with Gasteiger partial charge in [-0.1, -0.05) is 198 Å². The number of phenols is 1. The van der Waals surface area contributed by atoms with Gasteiger partial charge < -0.3 is 10.0 Å². The van der Waals surface area contributed by atoms with E-state index in [1.165, 1.54) is 122 Å². The molecule has 1 aliphatic carbocycles. The van der Waals surface area contributed by atoms with Gasteiger partial charge in [0.1, 0.15) is 5.75 Å². The van der Waals surface area contributed by atoms with Crippen LogP contribution in [0.3, 0.4) is 0 Å². The van der Waals surface area contributed by atoms with Crippen LogP contribution in [0.2, 0.25) is 0 Å². The first-order chi connectivity index (χ1) is 31.4. The molecule has 7 rings (SSSR count). The second-order valence-corrected chi connectivity index (χ2v) is 20.6.